The van der Waals surface area contributed by atoms with Crippen LogP contribution in [0.4, 0.5) is 4.39 Å². The quantitative estimate of drug-likeness (QED) is 0.638. The first-order chi connectivity index (χ1) is 12.1. The summed E-state index contributed by atoms with van der Waals surface area (Å²) in [6.07, 6.45) is 1.57. The van der Waals surface area contributed by atoms with Gasteiger partial charge in [0.15, 0.2) is 11.5 Å². The van der Waals surface area contributed by atoms with Gasteiger partial charge in [0.1, 0.15) is 5.82 Å². The molecule has 1 aromatic heterocycles. The number of carbonyl (C=O) groups excluding carboxylic acids is 1. The van der Waals surface area contributed by atoms with Crippen molar-refractivity contribution in [3.63, 3.8) is 0 Å². The number of halogens is 1. The van der Waals surface area contributed by atoms with Crippen LogP contribution in [0.15, 0.2) is 66.9 Å². The number of carbonyl (C=O) groups is 1. The van der Waals surface area contributed by atoms with Crippen molar-refractivity contribution in [3.8, 4) is 11.5 Å². The van der Waals surface area contributed by atoms with Gasteiger partial charge in [-0.3, -0.25) is 9.78 Å². The number of nitrogens with one attached hydrogen (secondary N) is 1. The minimum Gasteiger partial charge on any atom is -0.504 e. The summed E-state index contributed by atoms with van der Waals surface area (Å²) in [4.78, 5) is 16.8. The van der Waals surface area contributed by atoms with Gasteiger partial charge in [-0.1, -0.05) is 24.3 Å². The van der Waals surface area contributed by atoms with Crippen LogP contribution in [-0.4, -0.2) is 21.1 Å². The fourth-order valence-corrected chi connectivity index (χ4v) is 2.48. The Morgan fingerprint density at radius 3 is 2.56 bits per heavy atom. The Kier molecular flexibility index (Phi) is 4.61. The van der Waals surface area contributed by atoms with Gasteiger partial charge >= 0.3 is 0 Å². The highest BCUT2D eigenvalue weighted by Gasteiger charge is 2.22. The Labute approximate surface area is 143 Å². The summed E-state index contributed by atoms with van der Waals surface area (Å²) in [6, 6.07) is 14.4. The number of phenolic OH excluding ortho intramolecular Hbond substituents is 2. The summed E-state index contributed by atoms with van der Waals surface area (Å²) in [5, 5.41) is 22.2. The van der Waals surface area contributed by atoms with Crippen molar-refractivity contribution in [1.29, 1.82) is 0 Å². The van der Waals surface area contributed by atoms with Crippen LogP contribution in [0.2, 0.25) is 0 Å². The highest BCUT2D eigenvalue weighted by molar-refractivity contribution is 5.98. The predicted octanol–water partition coefficient (Wildman–Crippen LogP) is 3.15. The second-order valence-corrected chi connectivity index (χ2v) is 5.39. The first kappa shape index (κ1) is 16.4. The van der Waals surface area contributed by atoms with E-state index < -0.39 is 29.3 Å². The van der Waals surface area contributed by atoms with Crippen molar-refractivity contribution >= 4 is 5.91 Å². The third-order valence-corrected chi connectivity index (χ3v) is 3.70. The number of nitrogens with zero attached hydrogens (tertiary/aromatic N) is 1. The summed E-state index contributed by atoms with van der Waals surface area (Å²) in [5.41, 5.74) is 0.935. The van der Waals surface area contributed by atoms with Crippen molar-refractivity contribution < 1.29 is 19.4 Å². The van der Waals surface area contributed by atoms with Gasteiger partial charge in [-0.25, -0.2) is 4.39 Å². The van der Waals surface area contributed by atoms with Crippen molar-refractivity contribution in [3.05, 3.63) is 89.5 Å². The van der Waals surface area contributed by atoms with Crippen LogP contribution in [0, 0.1) is 5.82 Å². The third kappa shape index (κ3) is 3.58. The van der Waals surface area contributed by atoms with Gasteiger partial charge in [0.25, 0.3) is 5.91 Å². The van der Waals surface area contributed by atoms with Gasteiger partial charge in [0.2, 0.25) is 0 Å². The molecular formula is C19H15FN2O3. The minimum absolute atomic E-state index is 0.0858. The maximum atomic E-state index is 13.6. The molecule has 3 aromatic rings. The van der Waals surface area contributed by atoms with E-state index in [2.05, 4.69) is 10.3 Å². The summed E-state index contributed by atoms with van der Waals surface area (Å²) < 4.78 is 13.6. The zero-order valence-corrected chi connectivity index (χ0v) is 13.1. The molecule has 6 heteroatoms. The van der Waals surface area contributed by atoms with E-state index in [4.69, 9.17) is 0 Å². The summed E-state index contributed by atoms with van der Waals surface area (Å²) >= 11 is 0. The van der Waals surface area contributed by atoms with Gasteiger partial charge < -0.3 is 15.5 Å². The number of para-hydroxylation sites is 1. The van der Waals surface area contributed by atoms with Crippen LogP contribution < -0.4 is 5.32 Å². The monoisotopic (exact) mass is 338 g/mol. The number of amides is 1. The number of aromatic hydroxyl groups is 2. The number of hydrogen-bond donors (Lipinski definition) is 3. The molecule has 0 aliphatic rings. The molecular weight excluding hydrogens is 323 g/mol. The Bertz CT molecular complexity index is 900. The molecule has 0 unspecified atom stereocenters. The molecule has 0 spiro atoms. The number of pyridine rings is 1. The first-order valence-electron chi connectivity index (χ1n) is 7.54. The number of aromatic nitrogens is 1. The molecule has 25 heavy (non-hydrogen) atoms. The Hall–Kier alpha value is -3.41. The fraction of sp³-hybridized carbons (Fsp3) is 0.0526. The van der Waals surface area contributed by atoms with Gasteiger partial charge in [0.05, 0.1) is 17.3 Å². The van der Waals surface area contributed by atoms with Gasteiger partial charge in [0, 0.05) is 6.20 Å². The van der Waals surface area contributed by atoms with Gasteiger partial charge in [-0.15, -0.1) is 0 Å². The molecule has 5 nitrogen and oxygen atoms in total. The van der Waals surface area contributed by atoms with Crippen LogP contribution in [-0.2, 0) is 0 Å². The lowest BCUT2D eigenvalue weighted by Crippen LogP contribution is -2.30. The average Bonchev–Trinajstić information content (AvgIpc) is 2.62. The Balaban J connectivity index is 1.98. The molecule has 0 aliphatic carbocycles. The van der Waals surface area contributed by atoms with Gasteiger partial charge in [-0.05, 0) is 42.0 Å². The van der Waals surface area contributed by atoms with Crippen molar-refractivity contribution in [2.24, 2.45) is 0 Å². The summed E-state index contributed by atoms with van der Waals surface area (Å²) in [7, 11) is 0. The van der Waals surface area contributed by atoms with E-state index in [0.717, 1.165) is 0 Å². The molecule has 3 rings (SSSR count). The molecule has 1 amide bonds. The van der Waals surface area contributed by atoms with E-state index in [1.165, 1.54) is 30.3 Å². The van der Waals surface area contributed by atoms with Crippen molar-refractivity contribution in [2.75, 3.05) is 0 Å². The van der Waals surface area contributed by atoms with E-state index in [0.29, 0.717) is 11.3 Å². The summed E-state index contributed by atoms with van der Waals surface area (Å²) in [5.74, 6) is -1.96. The molecule has 0 saturated heterocycles. The number of benzene rings is 2. The van der Waals surface area contributed by atoms with Crippen molar-refractivity contribution in [2.45, 2.75) is 6.04 Å². The van der Waals surface area contributed by atoms with E-state index >= 15 is 0 Å². The smallest absolute Gasteiger partial charge is 0.255 e. The lowest BCUT2D eigenvalue weighted by Gasteiger charge is -2.19. The maximum absolute atomic E-state index is 13.6. The topological polar surface area (TPSA) is 82.5 Å². The first-order valence-corrected chi connectivity index (χ1v) is 7.54. The standard InChI is InChI=1S/C19H15FN2O3/c20-13-6-3-5-12(11-13)17(15-8-1-2-10-21-15)22-19(25)14-7-4-9-16(23)18(14)24/h1-11,17,23-24H,(H,22,25)/t17-/m0/s1. The Morgan fingerprint density at radius 1 is 1.04 bits per heavy atom. The van der Waals surface area contributed by atoms with Crippen LogP contribution in [0.1, 0.15) is 27.7 Å². The zero-order chi connectivity index (χ0) is 17.8. The molecule has 0 saturated carbocycles. The van der Waals surface area contributed by atoms with Crippen LogP contribution in [0.25, 0.3) is 0 Å². The normalized spacial score (nSPS) is 11.7. The summed E-state index contributed by atoms with van der Waals surface area (Å²) in [6.45, 7) is 0. The van der Waals surface area contributed by atoms with Crippen LogP contribution in [0.5, 0.6) is 11.5 Å². The predicted molar refractivity (Wildman–Crippen MR) is 89.7 cm³/mol. The fourth-order valence-electron chi connectivity index (χ4n) is 2.48. The molecule has 126 valence electrons. The molecule has 0 radical (unpaired) electrons. The number of phenols is 2. The van der Waals surface area contributed by atoms with E-state index in [1.54, 1.807) is 36.5 Å². The molecule has 1 heterocycles. The maximum Gasteiger partial charge on any atom is 0.255 e. The highest BCUT2D eigenvalue weighted by Crippen LogP contribution is 2.29. The molecule has 2 aromatic carbocycles. The lowest BCUT2D eigenvalue weighted by atomic mass is 10.0. The highest BCUT2D eigenvalue weighted by atomic mass is 19.1. The van der Waals surface area contributed by atoms with Gasteiger partial charge in [-0.2, -0.15) is 0 Å². The SMILES string of the molecule is O=C(N[C@@H](c1cccc(F)c1)c1ccccn1)c1cccc(O)c1O. The van der Waals surface area contributed by atoms with Crippen molar-refractivity contribution in [1.82, 2.24) is 10.3 Å². The second-order valence-electron chi connectivity index (χ2n) is 5.39. The number of hydrogen-bond acceptors (Lipinski definition) is 4. The number of rotatable bonds is 4. The molecule has 3 N–H and O–H groups in total. The minimum atomic E-state index is -0.717. The van der Waals surface area contributed by atoms with E-state index in [-0.39, 0.29) is 5.56 Å². The third-order valence-electron chi connectivity index (χ3n) is 3.70. The van der Waals surface area contributed by atoms with E-state index in [1.807, 2.05) is 0 Å². The largest absolute Gasteiger partial charge is 0.504 e. The molecule has 1 atom stereocenters. The molecule has 0 aliphatic heterocycles. The molecule has 0 bridgehead atoms. The molecule has 0 fully saturated rings. The van der Waals surface area contributed by atoms with Crippen LogP contribution in [0.3, 0.4) is 0 Å². The lowest BCUT2D eigenvalue weighted by molar-refractivity contribution is 0.0939. The van der Waals surface area contributed by atoms with Crippen LogP contribution >= 0.6 is 0 Å². The zero-order valence-electron chi connectivity index (χ0n) is 13.1. The van der Waals surface area contributed by atoms with E-state index in [9.17, 15) is 19.4 Å². The Morgan fingerprint density at radius 2 is 1.84 bits per heavy atom. The average molecular weight is 338 g/mol. The second kappa shape index (κ2) is 7.00.